The summed E-state index contributed by atoms with van der Waals surface area (Å²) < 4.78 is 5.63. The Bertz CT molecular complexity index is 1370. The zero-order chi connectivity index (χ0) is 24.8. The van der Waals surface area contributed by atoms with Gasteiger partial charge in [0.15, 0.2) is 10.9 Å². The number of carbonyl (C=O) groups excluding carboxylic acids is 2. The van der Waals surface area contributed by atoms with Crippen LogP contribution in [-0.2, 0) is 11.2 Å². The molecule has 1 aromatic heterocycles. The SMILES string of the molecule is O=C(Cc1ccccc1)Nc1ccc(NC(=S)NC(=O)c2ccc(-c3ccc(Cl)c(Cl)c3)o2)cc1. The second-order valence-electron chi connectivity index (χ2n) is 7.49. The van der Waals surface area contributed by atoms with Crippen molar-refractivity contribution in [2.24, 2.45) is 0 Å². The Hall–Kier alpha value is -3.65. The molecule has 9 heteroatoms. The lowest BCUT2D eigenvalue weighted by atomic mass is 10.1. The molecular formula is C26H19Cl2N3O3S. The average Bonchev–Trinajstić information content (AvgIpc) is 3.33. The number of benzene rings is 3. The summed E-state index contributed by atoms with van der Waals surface area (Å²) >= 11 is 17.2. The lowest BCUT2D eigenvalue weighted by Crippen LogP contribution is -2.33. The molecule has 0 aliphatic carbocycles. The van der Waals surface area contributed by atoms with Gasteiger partial charge >= 0.3 is 0 Å². The summed E-state index contributed by atoms with van der Waals surface area (Å²) in [7, 11) is 0. The summed E-state index contributed by atoms with van der Waals surface area (Å²) in [5.41, 5.74) is 2.92. The lowest BCUT2D eigenvalue weighted by Gasteiger charge is -2.10. The van der Waals surface area contributed by atoms with Gasteiger partial charge < -0.3 is 15.1 Å². The summed E-state index contributed by atoms with van der Waals surface area (Å²) in [5, 5.41) is 9.27. The van der Waals surface area contributed by atoms with Crippen molar-refractivity contribution < 1.29 is 14.0 Å². The van der Waals surface area contributed by atoms with Crippen LogP contribution in [0.1, 0.15) is 16.1 Å². The molecule has 3 N–H and O–H groups in total. The Morgan fingerprint density at radius 3 is 2.17 bits per heavy atom. The molecule has 0 saturated heterocycles. The van der Waals surface area contributed by atoms with Crippen LogP contribution in [0.25, 0.3) is 11.3 Å². The predicted octanol–water partition coefficient (Wildman–Crippen LogP) is 6.56. The lowest BCUT2D eigenvalue weighted by molar-refractivity contribution is -0.115. The van der Waals surface area contributed by atoms with Gasteiger partial charge in [0.2, 0.25) is 5.91 Å². The fraction of sp³-hybridized carbons (Fsp3) is 0.0385. The van der Waals surface area contributed by atoms with Crippen molar-refractivity contribution in [2.45, 2.75) is 6.42 Å². The Morgan fingerprint density at radius 1 is 0.800 bits per heavy atom. The molecule has 0 aliphatic heterocycles. The number of hydrogen-bond donors (Lipinski definition) is 3. The molecular weight excluding hydrogens is 505 g/mol. The molecule has 0 bridgehead atoms. The van der Waals surface area contributed by atoms with Crippen molar-refractivity contribution in [3.05, 3.63) is 106 Å². The minimum absolute atomic E-state index is 0.0895. The summed E-state index contributed by atoms with van der Waals surface area (Å²) in [6.45, 7) is 0. The summed E-state index contributed by atoms with van der Waals surface area (Å²) in [4.78, 5) is 24.7. The molecule has 0 aliphatic rings. The largest absolute Gasteiger partial charge is 0.451 e. The van der Waals surface area contributed by atoms with E-state index in [-0.39, 0.29) is 23.2 Å². The number of nitrogens with one attached hydrogen (secondary N) is 3. The number of carbonyl (C=O) groups is 2. The van der Waals surface area contributed by atoms with Crippen LogP contribution >= 0.6 is 35.4 Å². The van der Waals surface area contributed by atoms with Gasteiger partial charge in [0, 0.05) is 16.9 Å². The Balaban J connectivity index is 1.29. The third-order valence-electron chi connectivity index (χ3n) is 4.90. The highest BCUT2D eigenvalue weighted by atomic mass is 35.5. The number of rotatable bonds is 6. The average molecular weight is 524 g/mol. The maximum absolute atomic E-state index is 12.5. The molecule has 0 atom stereocenters. The van der Waals surface area contributed by atoms with Gasteiger partial charge in [-0.1, -0.05) is 53.5 Å². The zero-order valence-electron chi connectivity index (χ0n) is 18.2. The topological polar surface area (TPSA) is 83.4 Å². The molecule has 2 amide bonds. The van der Waals surface area contributed by atoms with Gasteiger partial charge in [-0.15, -0.1) is 0 Å². The van der Waals surface area contributed by atoms with Crippen LogP contribution in [0.5, 0.6) is 0 Å². The molecule has 35 heavy (non-hydrogen) atoms. The smallest absolute Gasteiger partial charge is 0.293 e. The first-order chi connectivity index (χ1) is 16.9. The first-order valence-corrected chi connectivity index (χ1v) is 11.7. The van der Waals surface area contributed by atoms with E-state index >= 15 is 0 Å². The van der Waals surface area contributed by atoms with Crippen LogP contribution in [0, 0.1) is 0 Å². The number of hydrogen-bond acceptors (Lipinski definition) is 4. The van der Waals surface area contributed by atoms with Gasteiger partial charge in [-0.25, -0.2) is 0 Å². The Morgan fingerprint density at radius 2 is 1.49 bits per heavy atom. The van der Waals surface area contributed by atoms with E-state index in [0.717, 1.165) is 5.56 Å². The van der Waals surface area contributed by atoms with E-state index in [1.165, 1.54) is 0 Å². The van der Waals surface area contributed by atoms with Gasteiger partial charge in [-0.3, -0.25) is 14.9 Å². The van der Waals surface area contributed by atoms with Crippen molar-refractivity contribution in [2.75, 3.05) is 10.6 Å². The second kappa shape index (κ2) is 11.2. The maximum Gasteiger partial charge on any atom is 0.293 e. The standard InChI is InChI=1S/C26H19Cl2N3O3S/c27-20-11-6-17(15-21(20)28)22-12-13-23(34-22)25(33)31-26(35)30-19-9-7-18(8-10-19)29-24(32)14-16-4-2-1-3-5-16/h1-13,15H,14H2,(H,29,32)(H2,30,31,33,35). The molecule has 1 heterocycles. The third kappa shape index (κ3) is 6.70. The fourth-order valence-corrected chi connectivity index (χ4v) is 3.72. The van der Waals surface area contributed by atoms with Gasteiger partial charge in [0.05, 0.1) is 16.5 Å². The Kier molecular flexibility index (Phi) is 7.82. The van der Waals surface area contributed by atoms with Crippen LogP contribution in [0.4, 0.5) is 11.4 Å². The second-order valence-corrected chi connectivity index (χ2v) is 8.71. The summed E-state index contributed by atoms with van der Waals surface area (Å²) in [5.74, 6) is -0.0545. The summed E-state index contributed by atoms with van der Waals surface area (Å²) in [6, 6.07) is 24.7. The highest BCUT2D eigenvalue weighted by Crippen LogP contribution is 2.29. The minimum atomic E-state index is -0.501. The predicted molar refractivity (Wildman–Crippen MR) is 143 cm³/mol. The monoisotopic (exact) mass is 523 g/mol. The fourth-order valence-electron chi connectivity index (χ4n) is 3.21. The molecule has 3 aromatic carbocycles. The van der Waals surface area contributed by atoms with Crippen LogP contribution < -0.4 is 16.0 Å². The molecule has 176 valence electrons. The molecule has 0 unspecified atom stereocenters. The van der Waals surface area contributed by atoms with Crippen molar-refractivity contribution in [1.29, 1.82) is 0 Å². The first kappa shape index (κ1) is 24.5. The normalized spacial score (nSPS) is 10.5. The van der Waals surface area contributed by atoms with E-state index in [4.69, 9.17) is 39.8 Å². The van der Waals surface area contributed by atoms with Gasteiger partial charge in [0.25, 0.3) is 5.91 Å². The van der Waals surface area contributed by atoms with Gasteiger partial charge in [0.1, 0.15) is 5.76 Å². The van der Waals surface area contributed by atoms with Crippen molar-refractivity contribution in [3.8, 4) is 11.3 Å². The molecule has 0 fully saturated rings. The van der Waals surface area contributed by atoms with Crippen LogP contribution in [0.2, 0.25) is 10.0 Å². The molecule has 0 radical (unpaired) electrons. The van der Waals surface area contributed by atoms with Crippen LogP contribution in [0.15, 0.2) is 89.3 Å². The van der Waals surface area contributed by atoms with Crippen molar-refractivity contribution in [1.82, 2.24) is 5.32 Å². The molecule has 4 rings (SSSR count). The Labute approximate surface area is 217 Å². The maximum atomic E-state index is 12.5. The third-order valence-corrected chi connectivity index (χ3v) is 5.84. The van der Waals surface area contributed by atoms with E-state index in [1.807, 2.05) is 30.3 Å². The van der Waals surface area contributed by atoms with Crippen molar-refractivity contribution in [3.63, 3.8) is 0 Å². The van der Waals surface area contributed by atoms with E-state index in [9.17, 15) is 9.59 Å². The highest BCUT2D eigenvalue weighted by Gasteiger charge is 2.14. The van der Waals surface area contributed by atoms with Crippen molar-refractivity contribution >= 4 is 63.7 Å². The van der Waals surface area contributed by atoms with Crippen LogP contribution in [0.3, 0.4) is 0 Å². The highest BCUT2D eigenvalue weighted by molar-refractivity contribution is 7.80. The van der Waals surface area contributed by atoms with E-state index < -0.39 is 5.91 Å². The van der Waals surface area contributed by atoms with E-state index in [0.29, 0.717) is 32.7 Å². The molecule has 6 nitrogen and oxygen atoms in total. The number of furan rings is 1. The van der Waals surface area contributed by atoms with E-state index in [2.05, 4.69) is 16.0 Å². The zero-order valence-corrected chi connectivity index (χ0v) is 20.5. The molecule has 4 aromatic rings. The number of halogens is 2. The molecule has 0 spiro atoms. The number of amides is 2. The van der Waals surface area contributed by atoms with Gasteiger partial charge in [-0.2, -0.15) is 0 Å². The minimum Gasteiger partial charge on any atom is -0.451 e. The van der Waals surface area contributed by atoms with Crippen LogP contribution in [-0.4, -0.2) is 16.9 Å². The number of anilines is 2. The number of thiocarbonyl (C=S) groups is 1. The quantitative estimate of drug-likeness (QED) is 0.249. The van der Waals surface area contributed by atoms with E-state index in [1.54, 1.807) is 54.6 Å². The molecule has 0 saturated carbocycles. The first-order valence-electron chi connectivity index (χ1n) is 10.5. The van der Waals surface area contributed by atoms with Gasteiger partial charge in [-0.05, 0) is 72.4 Å². The summed E-state index contributed by atoms with van der Waals surface area (Å²) in [6.07, 6.45) is 0.288.